The van der Waals surface area contributed by atoms with Gasteiger partial charge in [0.1, 0.15) is 12.6 Å². The lowest BCUT2D eigenvalue weighted by molar-refractivity contribution is -0.147. The predicted molar refractivity (Wildman–Crippen MR) is 79.0 cm³/mol. The zero-order valence-corrected chi connectivity index (χ0v) is 12.6. The molecule has 1 amide bonds. The van der Waals surface area contributed by atoms with Crippen LogP contribution in [0.25, 0.3) is 0 Å². The van der Waals surface area contributed by atoms with Crippen LogP contribution >= 0.6 is 11.3 Å². The molecule has 0 saturated carbocycles. The minimum atomic E-state index is -0.495. The van der Waals surface area contributed by atoms with Crippen LogP contribution in [0.2, 0.25) is 0 Å². The Morgan fingerprint density at radius 1 is 1.48 bits per heavy atom. The SMILES string of the molecule is COC(=O)C1CCCCN1C(=O)c1ccc(C#CCO)s1. The quantitative estimate of drug-likeness (QED) is 0.660. The first-order chi connectivity index (χ1) is 10.2. The smallest absolute Gasteiger partial charge is 0.328 e. The molecule has 1 saturated heterocycles. The lowest BCUT2D eigenvalue weighted by atomic mass is 10.0. The van der Waals surface area contributed by atoms with Gasteiger partial charge in [-0.3, -0.25) is 4.79 Å². The summed E-state index contributed by atoms with van der Waals surface area (Å²) < 4.78 is 4.78. The molecule has 6 heteroatoms. The van der Waals surface area contributed by atoms with Crippen LogP contribution in [-0.4, -0.2) is 48.2 Å². The van der Waals surface area contributed by atoms with Crippen molar-refractivity contribution in [2.24, 2.45) is 0 Å². The number of aliphatic hydroxyl groups is 1. The Kier molecular flexibility index (Phi) is 5.37. The number of methoxy groups -OCH3 is 1. The van der Waals surface area contributed by atoms with Gasteiger partial charge in [0.05, 0.1) is 16.9 Å². The van der Waals surface area contributed by atoms with E-state index in [9.17, 15) is 9.59 Å². The predicted octanol–water partition coefficient (Wildman–Crippen LogP) is 1.26. The number of piperidine rings is 1. The second kappa shape index (κ2) is 7.25. The summed E-state index contributed by atoms with van der Waals surface area (Å²) in [7, 11) is 1.34. The molecular formula is C15H17NO4S. The van der Waals surface area contributed by atoms with Crippen molar-refractivity contribution < 1.29 is 19.4 Å². The molecule has 1 atom stereocenters. The van der Waals surface area contributed by atoms with Crippen LogP contribution in [0.4, 0.5) is 0 Å². The summed E-state index contributed by atoms with van der Waals surface area (Å²) in [5.41, 5.74) is 0. The van der Waals surface area contributed by atoms with Crippen LogP contribution in [0, 0.1) is 11.8 Å². The Hall–Kier alpha value is -1.84. The Morgan fingerprint density at radius 2 is 2.29 bits per heavy atom. The van der Waals surface area contributed by atoms with Gasteiger partial charge in [-0.1, -0.05) is 11.8 Å². The molecule has 1 aromatic rings. The van der Waals surface area contributed by atoms with Crippen LogP contribution in [-0.2, 0) is 9.53 Å². The van der Waals surface area contributed by atoms with Crippen molar-refractivity contribution >= 4 is 23.2 Å². The maximum Gasteiger partial charge on any atom is 0.328 e. The van der Waals surface area contributed by atoms with Crippen LogP contribution < -0.4 is 0 Å². The molecule has 1 unspecified atom stereocenters. The molecule has 5 nitrogen and oxygen atoms in total. The summed E-state index contributed by atoms with van der Waals surface area (Å²) >= 11 is 1.27. The number of carbonyl (C=O) groups is 2. The highest BCUT2D eigenvalue weighted by Crippen LogP contribution is 2.24. The number of amides is 1. The standard InChI is InChI=1S/C15H17NO4S/c1-20-15(19)12-6-2-3-9-16(12)14(18)13-8-7-11(21-13)5-4-10-17/h7-8,12,17H,2-3,6,9-10H2,1H3. The highest BCUT2D eigenvalue weighted by Gasteiger charge is 2.33. The second-order valence-electron chi connectivity index (χ2n) is 4.66. The van der Waals surface area contributed by atoms with Gasteiger partial charge < -0.3 is 14.7 Å². The molecule has 1 aliphatic rings. The lowest BCUT2D eigenvalue weighted by Gasteiger charge is -2.33. The van der Waals surface area contributed by atoms with Crippen LogP contribution in [0.5, 0.6) is 0 Å². The average molecular weight is 307 g/mol. The number of thiophene rings is 1. The van der Waals surface area contributed by atoms with Gasteiger partial charge in [-0.15, -0.1) is 11.3 Å². The first kappa shape index (κ1) is 15.5. The van der Waals surface area contributed by atoms with E-state index in [1.165, 1.54) is 18.4 Å². The largest absolute Gasteiger partial charge is 0.467 e. The molecule has 21 heavy (non-hydrogen) atoms. The fourth-order valence-corrected chi connectivity index (χ4v) is 3.18. The first-order valence-electron chi connectivity index (χ1n) is 6.75. The van der Waals surface area contributed by atoms with E-state index in [0.29, 0.717) is 17.8 Å². The van der Waals surface area contributed by atoms with E-state index in [0.717, 1.165) is 17.7 Å². The number of rotatable bonds is 2. The number of nitrogens with zero attached hydrogens (tertiary/aromatic N) is 1. The number of hydrogen-bond donors (Lipinski definition) is 1. The van der Waals surface area contributed by atoms with Gasteiger partial charge in [-0.25, -0.2) is 4.79 Å². The number of esters is 1. The average Bonchev–Trinajstić information content (AvgIpc) is 3.00. The summed E-state index contributed by atoms with van der Waals surface area (Å²) in [6.45, 7) is 0.353. The molecule has 1 fully saturated rings. The molecule has 2 rings (SSSR count). The van der Waals surface area contributed by atoms with Crippen LogP contribution in [0.3, 0.4) is 0 Å². The number of likely N-dealkylation sites (tertiary alicyclic amines) is 1. The molecule has 1 aliphatic heterocycles. The fourth-order valence-electron chi connectivity index (χ4n) is 2.34. The summed E-state index contributed by atoms with van der Waals surface area (Å²) in [6.07, 6.45) is 2.45. The van der Waals surface area contributed by atoms with Gasteiger partial charge in [0, 0.05) is 6.54 Å². The molecule has 0 bridgehead atoms. The topological polar surface area (TPSA) is 66.8 Å². The summed E-state index contributed by atoms with van der Waals surface area (Å²) in [4.78, 5) is 27.2. The maximum atomic E-state index is 12.5. The third-order valence-electron chi connectivity index (χ3n) is 3.34. The van der Waals surface area contributed by atoms with Crippen molar-refractivity contribution in [1.82, 2.24) is 4.90 Å². The van der Waals surface area contributed by atoms with Gasteiger partial charge in [0.25, 0.3) is 5.91 Å². The lowest BCUT2D eigenvalue weighted by Crippen LogP contribution is -2.48. The zero-order chi connectivity index (χ0) is 15.2. The number of hydrogen-bond acceptors (Lipinski definition) is 5. The molecular weight excluding hydrogens is 290 g/mol. The minimum absolute atomic E-state index is 0.160. The van der Waals surface area contributed by atoms with Gasteiger partial charge >= 0.3 is 5.97 Å². The Bertz CT molecular complexity index is 584. The highest BCUT2D eigenvalue weighted by molar-refractivity contribution is 7.14. The summed E-state index contributed by atoms with van der Waals surface area (Å²) in [6, 6.07) is 2.96. The Balaban J connectivity index is 2.16. The third-order valence-corrected chi connectivity index (χ3v) is 4.33. The van der Waals surface area contributed by atoms with Crippen molar-refractivity contribution in [1.29, 1.82) is 0 Å². The fraction of sp³-hybridized carbons (Fsp3) is 0.467. The van der Waals surface area contributed by atoms with Gasteiger partial charge in [0.15, 0.2) is 0 Å². The van der Waals surface area contributed by atoms with Crippen molar-refractivity contribution in [3.05, 3.63) is 21.9 Å². The number of ether oxygens (including phenoxy) is 1. The van der Waals surface area contributed by atoms with E-state index in [4.69, 9.17) is 9.84 Å². The van der Waals surface area contributed by atoms with E-state index in [-0.39, 0.29) is 18.5 Å². The summed E-state index contributed by atoms with van der Waals surface area (Å²) in [5.74, 6) is 4.80. The second-order valence-corrected chi connectivity index (χ2v) is 5.74. The van der Waals surface area contributed by atoms with E-state index in [2.05, 4.69) is 11.8 Å². The number of aliphatic hydroxyl groups excluding tert-OH is 1. The number of carbonyl (C=O) groups excluding carboxylic acids is 2. The Morgan fingerprint density at radius 3 is 3.00 bits per heavy atom. The van der Waals surface area contributed by atoms with Crippen molar-refractivity contribution in [3.63, 3.8) is 0 Å². The first-order valence-corrected chi connectivity index (χ1v) is 7.57. The van der Waals surface area contributed by atoms with Crippen LogP contribution in [0.1, 0.15) is 33.8 Å². The van der Waals surface area contributed by atoms with E-state index >= 15 is 0 Å². The Labute approximate surface area is 127 Å². The molecule has 0 radical (unpaired) electrons. The molecule has 112 valence electrons. The van der Waals surface area contributed by atoms with Gasteiger partial charge in [0.2, 0.25) is 0 Å². The van der Waals surface area contributed by atoms with Crippen LogP contribution in [0.15, 0.2) is 12.1 Å². The minimum Gasteiger partial charge on any atom is -0.467 e. The molecule has 1 N–H and O–H groups in total. The molecule has 2 heterocycles. The van der Waals surface area contributed by atoms with E-state index in [1.54, 1.807) is 17.0 Å². The van der Waals surface area contributed by atoms with Crippen molar-refractivity contribution in [2.75, 3.05) is 20.3 Å². The molecule has 0 spiro atoms. The molecule has 1 aromatic heterocycles. The maximum absolute atomic E-state index is 12.5. The monoisotopic (exact) mass is 307 g/mol. The third kappa shape index (κ3) is 3.63. The van der Waals surface area contributed by atoms with Crippen molar-refractivity contribution in [2.45, 2.75) is 25.3 Å². The molecule has 0 aliphatic carbocycles. The van der Waals surface area contributed by atoms with E-state index < -0.39 is 6.04 Å². The molecule has 0 aromatic carbocycles. The van der Waals surface area contributed by atoms with Gasteiger partial charge in [-0.2, -0.15) is 0 Å². The highest BCUT2D eigenvalue weighted by atomic mass is 32.1. The zero-order valence-electron chi connectivity index (χ0n) is 11.8. The summed E-state index contributed by atoms with van der Waals surface area (Å²) in [5, 5.41) is 8.67. The van der Waals surface area contributed by atoms with Crippen molar-refractivity contribution in [3.8, 4) is 11.8 Å². The van der Waals surface area contributed by atoms with E-state index in [1.807, 2.05) is 0 Å². The normalized spacial score (nSPS) is 17.8. The van der Waals surface area contributed by atoms with Gasteiger partial charge in [-0.05, 0) is 31.4 Å².